The quantitative estimate of drug-likeness (QED) is 0.559. The lowest BCUT2D eigenvalue weighted by Gasteiger charge is -2.42. The predicted molar refractivity (Wildman–Crippen MR) is 124 cm³/mol. The van der Waals surface area contributed by atoms with E-state index in [1.165, 1.54) is 6.92 Å². The van der Waals surface area contributed by atoms with Gasteiger partial charge in [0, 0.05) is 5.92 Å². The molecule has 0 bridgehead atoms. The molecule has 3 N–H and O–H groups in total. The fourth-order valence-corrected chi connectivity index (χ4v) is 4.86. The zero-order valence-electron chi connectivity index (χ0n) is 19.0. The fraction of sp³-hybridized carbons (Fsp3) is 0.423. The van der Waals surface area contributed by atoms with Crippen molar-refractivity contribution in [2.75, 3.05) is 6.61 Å². The first-order valence-corrected chi connectivity index (χ1v) is 11.5. The molecule has 2 aliphatic carbocycles. The average molecular weight is 451 g/mol. The third-order valence-electron chi connectivity index (χ3n) is 6.94. The van der Waals surface area contributed by atoms with E-state index in [0.717, 1.165) is 28.7 Å². The third kappa shape index (κ3) is 4.19. The molecule has 2 aliphatic rings. The molecule has 174 valence electrons. The van der Waals surface area contributed by atoms with Gasteiger partial charge in [-0.1, -0.05) is 61.9 Å². The maximum atomic E-state index is 13.0. The summed E-state index contributed by atoms with van der Waals surface area (Å²) in [6.45, 7) is 3.51. The summed E-state index contributed by atoms with van der Waals surface area (Å²) in [6, 6.07) is 16.2. The Labute approximate surface area is 193 Å². The maximum Gasteiger partial charge on any atom is 0.408 e. The second kappa shape index (κ2) is 8.89. The Morgan fingerprint density at radius 2 is 1.64 bits per heavy atom. The van der Waals surface area contributed by atoms with E-state index in [1.807, 2.05) is 43.3 Å². The molecule has 2 amide bonds. The van der Waals surface area contributed by atoms with Crippen molar-refractivity contribution in [1.82, 2.24) is 10.6 Å². The molecule has 2 aromatic carbocycles. The Morgan fingerprint density at radius 3 is 2.12 bits per heavy atom. The van der Waals surface area contributed by atoms with Crippen molar-refractivity contribution in [2.45, 2.75) is 62.9 Å². The van der Waals surface area contributed by atoms with Crippen LogP contribution in [0.5, 0.6) is 0 Å². The SMILES string of the molecule is CCCC(C)(NC(=O)C1(NC(=O)OCC2c3ccccc3-c3ccccc32)CCC1)C(=O)O. The standard InChI is InChI=1S/C26H30N2O5/c1-3-13-25(2,23(30)31)27-22(29)26(14-8-15-26)28-24(32)33-16-21-19-11-6-4-9-17(19)18-10-5-7-12-20(18)21/h4-7,9-12,21H,3,8,13-16H2,1-2H3,(H,27,29)(H,28,32)(H,30,31). The van der Waals surface area contributed by atoms with Crippen molar-refractivity contribution >= 4 is 18.0 Å². The van der Waals surface area contributed by atoms with Gasteiger partial charge in [0.05, 0.1) is 0 Å². The normalized spacial score (nSPS) is 17.6. The number of amides is 2. The molecule has 0 heterocycles. The summed E-state index contributed by atoms with van der Waals surface area (Å²) in [7, 11) is 0. The van der Waals surface area contributed by atoms with Crippen LogP contribution in [0, 0.1) is 0 Å². The number of ether oxygens (including phenoxy) is 1. The van der Waals surface area contributed by atoms with Crippen LogP contribution in [0.4, 0.5) is 4.79 Å². The van der Waals surface area contributed by atoms with Crippen LogP contribution in [0.1, 0.15) is 63.0 Å². The Balaban J connectivity index is 1.43. The first kappa shape index (κ1) is 22.8. The zero-order valence-corrected chi connectivity index (χ0v) is 19.0. The number of benzene rings is 2. The molecule has 0 saturated heterocycles. The van der Waals surface area contributed by atoms with Gasteiger partial charge in [-0.3, -0.25) is 4.79 Å². The molecule has 0 radical (unpaired) electrons. The maximum absolute atomic E-state index is 13.0. The number of fused-ring (bicyclic) bond motifs is 3. The minimum atomic E-state index is -1.38. The number of aliphatic carboxylic acids is 1. The molecular weight excluding hydrogens is 420 g/mol. The van der Waals surface area contributed by atoms with Crippen molar-refractivity contribution in [1.29, 1.82) is 0 Å². The molecular formula is C26H30N2O5. The molecule has 7 nitrogen and oxygen atoms in total. The van der Waals surface area contributed by atoms with Gasteiger partial charge in [-0.25, -0.2) is 9.59 Å². The number of rotatable bonds is 8. The number of hydrogen-bond acceptors (Lipinski definition) is 4. The van der Waals surface area contributed by atoms with Crippen molar-refractivity contribution < 1.29 is 24.2 Å². The molecule has 2 aromatic rings. The van der Waals surface area contributed by atoms with Gasteiger partial charge >= 0.3 is 12.1 Å². The van der Waals surface area contributed by atoms with Gasteiger partial charge in [-0.05, 0) is 54.9 Å². The Kier molecular flexibility index (Phi) is 6.15. The monoisotopic (exact) mass is 450 g/mol. The zero-order chi connectivity index (χ0) is 23.6. The summed E-state index contributed by atoms with van der Waals surface area (Å²) >= 11 is 0. The van der Waals surface area contributed by atoms with Gasteiger partial charge < -0.3 is 20.5 Å². The van der Waals surface area contributed by atoms with Crippen LogP contribution in [0.2, 0.25) is 0 Å². The Bertz CT molecular complexity index is 1030. The van der Waals surface area contributed by atoms with Crippen molar-refractivity contribution in [3.05, 3.63) is 59.7 Å². The number of hydrogen-bond donors (Lipinski definition) is 3. The number of nitrogens with one attached hydrogen (secondary N) is 2. The van der Waals surface area contributed by atoms with E-state index in [0.29, 0.717) is 25.7 Å². The van der Waals surface area contributed by atoms with Crippen LogP contribution < -0.4 is 10.6 Å². The highest BCUT2D eigenvalue weighted by atomic mass is 16.5. The number of carbonyl (C=O) groups is 3. The molecule has 0 spiro atoms. The third-order valence-corrected chi connectivity index (χ3v) is 6.94. The number of carboxylic acids is 1. The number of carboxylic acid groups (broad SMARTS) is 1. The van der Waals surface area contributed by atoms with Crippen LogP contribution in [-0.4, -0.2) is 40.8 Å². The van der Waals surface area contributed by atoms with E-state index in [9.17, 15) is 19.5 Å². The molecule has 33 heavy (non-hydrogen) atoms. The van der Waals surface area contributed by atoms with Crippen molar-refractivity contribution in [3.63, 3.8) is 0 Å². The lowest BCUT2D eigenvalue weighted by molar-refractivity contribution is -0.149. The summed E-state index contributed by atoms with van der Waals surface area (Å²) < 4.78 is 5.60. The molecule has 1 fully saturated rings. The van der Waals surface area contributed by atoms with Crippen molar-refractivity contribution in [2.24, 2.45) is 0 Å². The fourth-order valence-electron chi connectivity index (χ4n) is 4.86. The topological polar surface area (TPSA) is 105 Å². The second-order valence-corrected chi connectivity index (χ2v) is 9.23. The summed E-state index contributed by atoms with van der Waals surface area (Å²) in [6.07, 6.45) is 1.91. The van der Waals surface area contributed by atoms with E-state index in [2.05, 4.69) is 22.8 Å². The van der Waals surface area contributed by atoms with E-state index < -0.39 is 29.0 Å². The highest BCUT2D eigenvalue weighted by molar-refractivity contribution is 5.94. The smallest absolute Gasteiger partial charge is 0.408 e. The lowest BCUT2D eigenvalue weighted by atomic mass is 9.75. The number of alkyl carbamates (subject to hydrolysis) is 1. The van der Waals surface area contributed by atoms with Gasteiger partial charge in [0.2, 0.25) is 5.91 Å². The lowest BCUT2D eigenvalue weighted by Crippen LogP contribution is -2.67. The van der Waals surface area contributed by atoms with Crippen LogP contribution >= 0.6 is 0 Å². The molecule has 1 saturated carbocycles. The summed E-state index contributed by atoms with van der Waals surface area (Å²) in [5.41, 5.74) is 1.99. The van der Waals surface area contributed by atoms with Gasteiger partial charge in [0.15, 0.2) is 0 Å². The first-order chi connectivity index (χ1) is 15.8. The molecule has 1 unspecified atom stereocenters. The van der Waals surface area contributed by atoms with Crippen LogP contribution in [0.3, 0.4) is 0 Å². The summed E-state index contributed by atoms with van der Waals surface area (Å²) in [4.78, 5) is 37.5. The van der Waals surface area contributed by atoms with Gasteiger partial charge in [0.1, 0.15) is 17.7 Å². The van der Waals surface area contributed by atoms with Gasteiger partial charge in [-0.2, -0.15) is 0 Å². The van der Waals surface area contributed by atoms with Gasteiger partial charge in [-0.15, -0.1) is 0 Å². The first-order valence-electron chi connectivity index (χ1n) is 11.5. The predicted octanol–water partition coefficient (Wildman–Crippen LogP) is 4.21. The Morgan fingerprint density at radius 1 is 1.06 bits per heavy atom. The van der Waals surface area contributed by atoms with Crippen molar-refractivity contribution in [3.8, 4) is 11.1 Å². The average Bonchev–Trinajstić information content (AvgIpc) is 3.08. The van der Waals surface area contributed by atoms with Crippen LogP contribution in [-0.2, 0) is 14.3 Å². The second-order valence-electron chi connectivity index (χ2n) is 9.23. The Hall–Kier alpha value is -3.35. The van der Waals surface area contributed by atoms with E-state index in [4.69, 9.17) is 4.74 Å². The van der Waals surface area contributed by atoms with E-state index in [1.54, 1.807) is 0 Å². The molecule has 0 aliphatic heterocycles. The summed E-state index contributed by atoms with van der Waals surface area (Å²) in [5, 5.41) is 15.0. The molecule has 0 aromatic heterocycles. The molecule has 7 heteroatoms. The minimum absolute atomic E-state index is 0.0748. The molecule has 1 atom stereocenters. The molecule has 4 rings (SSSR count). The van der Waals surface area contributed by atoms with Crippen LogP contribution in [0.25, 0.3) is 11.1 Å². The highest BCUT2D eigenvalue weighted by Gasteiger charge is 2.49. The largest absolute Gasteiger partial charge is 0.480 e. The van der Waals surface area contributed by atoms with Crippen LogP contribution in [0.15, 0.2) is 48.5 Å². The van der Waals surface area contributed by atoms with E-state index >= 15 is 0 Å². The van der Waals surface area contributed by atoms with Gasteiger partial charge in [0.25, 0.3) is 0 Å². The minimum Gasteiger partial charge on any atom is -0.480 e. The number of carbonyl (C=O) groups excluding carboxylic acids is 2. The van der Waals surface area contributed by atoms with E-state index in [-0.39, 0.29) is 12.5 Å². The summed E-state index contributed by atoms with van der Waals surface area (Å²) in [5.74, 6) is -1.64. The highest BCUT2D eigenvalue weighted by Crippen LogP contribution is 2.44.